The summed E-state index contributed by atoms with van der Waals surface area (Å²) in [6.07, 6.45) is 0. The minimum atomic E-state index is 0.875. The van der Waals surface area contributed by atoms with E-state index in [4.69, 9.17) is 11.6 Å². The summed E-state index contributed by atoms with van der Waals surface area (Å²) >= 11 is 6.43. The lowest BCUT2D eigenvalue weighted by atomic mass is 10.1. The molecule has 106 valence electrons. The molecule has 0 radical (unpaired) electrons. The van der Waals surface area contributed by atoms with Crippen LogP contribution in [0.25, 0.3) is 0 Å². The molecule has 0 atom stereocenters. The summed E-state index contributed by atoms with van der Waals surface area (Å²) in [5, 5.41) is 4.27. The first-order chi connectivity index (χ1) is 9.26. The number of para-hydroxylation sites is 1. The van der Waals surface area contributed by atoms with Gasteiger partial charge in [-0.25, -0.2) is 0 Å². The molecule has 3 nitrogen and oxygen atoms in total. The molecule has 4 heteroatoms. The molecule has 0 aliphatic carbocycles. The lowest BCUT2D eigenvalue weighted by Crippen LogP contribution is -2.46. The Kier molecular flexibility index (Phi) is 5.49. The van der Waals surface area contributed by atoms with Gasteiger partial charge in [-0.15, -0.1) is 0 Å². The van der Waals surface area contributed by atoms with Crippen molar-refractivity contribution in [1.29, 1.82) is 0 Å². The number of benzene rings is 1. The Labute approximate surface area is 121 Å². The van der Waals surface area contributed by atoms with Gasteiger partial charge in [0.25, 0.3) is 0 Å². The summed E-state index contributed by atoms with van der Waals surface area (Å²) in [4.78, 5) is 4.92. The third-order valence-corrected chi connectivity index (χ3v) is 4.08. The topological polar surface area (TPSA) is 18.5 Å². The van der Waals surface area contributed by atoms with Crippen LogP contribution < -0.4 is 10.2 Å². The van der Waals surface area contributed by atoms with Gasteiger partial charge in [-0.05, 0) is 24.7 Å². The molecule has 1 N–H and O–H groups in total. The molecule has 1 aliphatic heterocycles. The average molecular weight is 282 g/mol. The van der Waals surface area contributed by atoms with E-state index < -0.39 is 0 Å². The molecule has 1 fully saturated rings. The zero-order valence-corrected chi connectivity index (χ0v) is 12.7. The molecule has 19 heavy (non-hydrogen) atoms. The van der Waals surface area contributed by atoms with Gasteiger partial charge >= 0.3 is 0 Å². The van der Waals surface area contributed by atoms with Crippen molar-refractivity contribution < 1.29 is 0 Å². The van der Waals surface area contributed by atoms with Crippen molar-refractivity contribution in [2.24, 2.45) is 0 Å². The Balaban J connectivity index is 2.14. The molecule has 0 unspecified atom stereocenters. The molecule has 1 aliphatic rings. The van der Waals surface area contributed by atoms with Gasteiger partial charge in [-0.1, -0.05) is 37.6 Å². The molecule has 1 heterocycles. The van der Waals surface area contributed by atoms with Crippen LogP contribution in [0.2, 0.25) is 5.02 Å². The molecule has 0 spiro atoms. The summed E-state index contributed by atoms with van der Waals surface area (Å²) in [7, 11) is 0. The summed E-state index contributed by atoms with van der Waals surface area (Å²) in [6.45, 7) is 11.8. The third-order valence-electron chi connectivity index (χ3n) is 3.77. The highest BCUT2D eigenvalue weighted by atomic mass is 35.5. The van der Waals surface area contributed by atoms with Crippen LogP contribution in [0.3, 0.4) is 0 Å². The van der Waals surface area contributed by atoms with E-state index in [-0.39, 0.29) is 0 Å². The van der Waals surface area contributed by atoms with E-state index in [0.717, 1.165) is 50.8 Å². The van der Waals surface area contributed by atoms with Crippen molar-refractivity contribution in [3.8, 4) is 0 Å². The molecular formula is C15H24ClN3. The Morgan fingerprint density at radius 3 is 2.53 bits per heavy atom. The monoisotopic (exact) mass is 281 g/mol. The summed E-state index contributed by atoms with van der Waals surface area (Å²) < 4.78 is 0. The maximum Gasteiger partial charge on any atom is 0.0642 e. The Morgan fingerprint density at radius 2 is 1.89 bits per heavy atom. The van der Waals surface area contributed by atoms with Gasteiger partial charge < -0.3 is 15.1 Å². The normalized spacial score (nSPS) is 16.9. The third kappa shape index (κ3) is 3.62. The zero-order valence-electron chi connectivity index (χ0n) is 12.0. The highest BCUT2D eigenvalue weighted by molar-refractivity contribution is 6.33. The highest BCUT2D eigenvalue weighted by Gasteiger charge is 2.20. The molecule has 0 saturated carbocycles. The van der Waals surface area contributed by atoms with E-state index >= 15 is 0 Å². The minimum Gasteiger partial charge on any atom is -0.368 e. The van der Waals surface area contributed by atoms with Gasteiger partial charge in [-0.3, -0.25) is 0 Å². The first kappa shape index (κ1) is 14.6. The predicted molar refractivity (Wildman–Crippen MR) is 83.2 cm³/mol. The zero-order chi connectivity index (χ0) is 13.7. The van der Waals surface area contributed by atoms with E-state index in [0.29, 0.717) is 0 Å². The average Bonchev–Trinajstić information content (AvgIpc) is 2.45. The van der Waals surface area contributed by atoms with Gasteiger partial charge in [-0.2, -0.15) is 0 Å². The number of halogens is 1. The second kappa shape index (κ2) is 7.13. The fourth-order valence-electron chi connectivity index (χ4n) is 2.60. The van der Waals surface area contributed by atoms with E-state index in [1.165, 1.54) is 11.3 Å². The largest absolute Gasteiger partial charge is 0.368 e. The maximum absolute atomic E-state index is 6.43. The lowest BCUT2D eigenvalue weighted by molar-refractivity contribution is 0.271. The van der Waals surface area contributed by atoms with E-state index in [9.17, 15) is 0 Å². The molecule has 2 rings (SSSR count). The standard InChI is InChI=1S/C15H24ClN3/c1-3-17-12-13-6-5-7-14(16)15(13)19-10-8-18(4-2)9-11-19/h5-7,17H,3-4,8-12H2,1-2H3. The van der Waals surface area contributed by atoms with Crippen molar-refractivity contribution in [2.45, 2.75) is 20.4 Å². The number of rotatable bonds is 5. The van der Waals surface area contributed by atoms with Crippen molar-refractivity contribution in [3.63, 3.8) is 0 Å². The molecule has 1 aromatic rings. The number of nitrogens with zero attached hydrogens (tertiary/aromatic N) is 2. The van der Waals surface area contributed by atoms with Gasteiger partial charge in [0.15, 0.2) is 0 Å². The quantitative estimate of drug-likeness (QED) is 0.895. The Bertz CT molecular complexity index is 400. The van der Waals surface area contributed by atoms with Crippen molar-refractivity contribution in [1.82, 2.24) is 10.2 Å². The van der Waals surface area contributed by atoms with Crippen LogP contribution in [-0.2, 0) is 6.54 Å². The Morgan fingerprint density at radius 1 is 1.16 bits per heavy atom. The summed E-state index contributed by atoms with van der Waals surface area (Å²) in [5.41, 5.74) is 2.53. The number of hydrogen-bond donors (Lipinski definition) is 1. The molecule has 0 amide bonds. The number of likely N-dealkylation sites (N-methyl/N-ethyl adjacent to an activating group) is 1. The van der Waals surface area contributed by atoms with Crippen LogP contribution in [0.1, 0.15) is 19.4 Å². The molecule has 1 saturated heterocycles. The van der Waals surface area contributed by atoms with Gasteiger partial charge in [0.1, 0.15) is 0 Å². The lowest BCUT2D eigenvalue weighted by Gasteiger charge is -2.37. The first-order valence-corrected chi connectivity index (χ1v) is 7.59. The SMILES string of the molecule is CCNCc1cccc(Cl)c1N1CCN(CC)CC1. The van der Waals surface area contributed by atoms with Crippen LogP contribution >= 0.6 is 11.6 Å². The van der Waals surface area contributed by atoms with Crippen LogP contribution in [0.5, 0.6) is 0 Å². The predicted octanol–water partition coefficient (Wildman–Crippen LogP) is 2.59. The van der Waals surface area contributed by atoms with Crippen LogP contribution in [0.4, 0.5) is 5.69 Å². The second-order valence-electron chi connectivity index (χ2n) is 4.95. The maximum atomic E-state index is 6.43. The molecule has 1 aromatic carbocycles. The van der Waals surface area contributed by atoms with Crippen LogP contribution in [0, 0.1) is 0 Å². The molecular weight excluding hydrogens is 258 g/mol. The van der Waals surface area contributed by atoms with Crippen molar-refractivity contribution in [2.75, 3.05) is 44.2 Å². The second-order valence-corrected chi connectivity index (χ2v) is 5.36. The Hall–Kier alpha value is -0.770. The fourth-order valence-corrected chi connectivity index (χ4v) is 2.92. The molecule has 0 aromatic heterocycles. The minimum absolute atomic E-state index is 0.875. The van der Waals surface area contributed by atoms with Gasteiger partial charge in [0.05, 0.1) is 10.7 Å². The van der Waals surface area contributed by atoms with Gasteiger partial charge in [0.2, 0.25) is 0 Å². The number of nitrogens with one attached hydrogen (secondary N) is 1. The van der Waals surface area contributed by atoms with Crippen molar-refractivity contribution in [3.05, 3.63) is 28.8 Å². The van der Waals surface area contributed by atoms with E-state index in [1.807, 2.05) is 12.1 Å². The smallest absolute Gasteiger partial charge is 0.0642 e. The van der Waals surface area contributed by atoms with Gasteiger partial charge in [0, 0.05) is 32.7 Å². The van der Waals surface area contributed by atoms with Crippen LogP contribution in [-0.4, -0.2) is 44.2 Å². The number of hydrogen-bond acceptors (Lipinski definition) is 3. The number of piperazine rings is 1. The fraction of sp³-hybridized carbons (Fsp3) is 0.600. The van der Waals surface area contributed by atoms with E-state index in [1.54, 1.807) is 0 Å². The molecule has 0 bridgehead atoms. The van der Waals surface area contributed by atoms with Crippen LogP contribution in [0.15, 0.2) is 18.2 Å². The number of anilines is 1. The highest BCUT2D eigenvalue weighted by Crippen LogP contribution is 2.30. The first-order valence-electron chi connectivity index (χ1n) is 7.21. The summed E-state index contributed by atoms with van der Waals surface area (Å²) in [6, 6.07) is 6.22. The van der Waals surface area contributed by atoms with Crippen molar-refractivity contribution >= 4 is 17.3 Å². The summed E-state index contributed by atoms with van der Waals surface area (Å²) in [5.74, 6) is 0. The van der Waals surface area contributed by atoms with E-state index in [2.05, 4.69) is 35.0 Å².